The van der Waals surface area contributed by atoms with Crippen molar-refractivity contribution >= 4 is 0 Å². The Balaban J connectivity index is 1.97. The molecular weight excluding hydrogens is 194 g/mol. The zero-order chi connectivity index (χ0) is 11.4. The van der Waals surface area contributed by atoms with E-state index >= 15 is 0 Å². The summed E-state index contributed by atoms with van der Waals surface area (Å²) in [5.74, 6) is 1.71. The summed E-state index contributed by atoms with van der Waals surface area (Å²) < 4.78 is 0. The topological polar surface area (TPSA) is 12.9 Å². The predicted octanol–water partition coefficient (Wildman–Crippen LogP) is 4.33. The molecule has 0 aliphatic heterocycles. The van der Waals surface area contributed by atoms with Crippen LogP contribution in [0.5, 0.6) is 0 Å². The zero-order valence-electron chi connectivity index (χ0n) is 10.6. The molecule has 0 aromatic carbocycles. The van der Waals surface area contributed by atoms with E-state index in [2.05, 4.69) is 37.2 Å². The molecule has 0 N–H and O–H groups in total. The first kappa shape index (κ1) is 11.6. The third kappa shape index (κ3) is 2.63. The van der Waals surface area contributed by atoms with E-state index in [-0.39, 0.29) is 0 Å². The van der Waals surface area contributed by atoms with Crippen molar-refractivity contribution in [2.75, 3.05) is 0 Å². The van der Waals surface area contributed by atoms with Gasteiger partial charge in [-0.2, -0.15) is 0 Å². The molecule has 88 valence electrons. The Bertz CT molecular complexity index is 307. The summed E-state index contributed by atoms with van der Waals surface area (Å²) in [7, 11) is 0. The second-order valence-electron chi connectivity index (χ2n) is 5.07. The largest absolute Gasteiger partial charge is 0.261 e. The van der Waals surface area contributed by atoms with E-state index < -0.39 is 0 Å². The Morgan fingerprint density at radius 2 is 1.88 bits per heavy atom. The monoisotopic (exact) mass is 217 g/mol. The molecule has 1 aliphatic rings. The van der Waals surface area contributed by atoms with Gasteiger partial charge in [0.25, 0.3) is 0 Å². The number of hydrogen-bond acceptors (Lipinski definition) is 1. The van der Waals surface area contributed by atoms with Crippen LogP contribution in [0.25, 0.3) is 0 Å². The zero-order valence-corrected chi connectivity index (χ0v) is 10.6. The first-order valence-corrected chi connectivity index (χ1v) is 6.78. The third-order valence-electron chi connectivity index (χ3n) is 4.10. The van der Waals surface area contributed by atoms with Crippen molar-refractivity contribution in [3.05, 3.63) is 29.6 Å². The summed E-state index contributed by atoms with van der Waals surface area (Å²) in [6, 6.07) is 4.49. The Kier molecular flexibility index (Phi) is 3.98. The van der Waals surface area contributed by atoms with Crippen LogP contribution in [0.1, 0.15) is 63.1 Å². The molecule has 0 atom stereocenters. The first-order chi connectivity index (χ1) is 7.83. The Labute approximate surface area is 99.3 Å². The van der Waals surface area contributed by atoms with Crippen molar-refractivity contribution in [3.8, 4) is 0 Å². The van der Waals surface area contributed by atoms with Crippen molar-refractivity contribution in [2.45, 2.75) is 58.3 Å². The second-order valence-corrected chi connectivity index (χ2v) is 5.07. The fourth-order valence-corrected chi connectivity index (χ4v) is 2.75. The molecule has 2 rings (SSSR count). The summed E-state index contributed by atoms with van der Waals surface area (Å²) in [5, 5.41) is 0. The van der Waals surface area contributed by atoms with E-state index in [0.29, 0.717) is 0 Å². The van der Waals surface area contributed by atoms with Crippen LogP contribution >= 0.6 is 0 Å². The van der Waals surface area contributed by atoms with Gasteiger partial charge in [0.2, 0.25) is 0 Å². The van der Waals surface area contributed by atoms with Gasteiger partial charge >= 0.3 is 0 Å². The van der Waals surface area contributed by atoms with Crippen LogP contribution in [0.3, 0.4) is 0 Å². The molecule has 0 spiro atoms. The molecule has 0 unspecified atom stereocenters. The van der Waals surface area contributed by atoms with E-state index in [4.69, 9.17) is 0 Å². The standard InChI is InChI=1S/C15H23N/c1-3-12-5-8-14(9-6-12)15-10-7-13(4-2)11-16-15/h7,10-12,14H,3-6,8-9H2,1-2H3. The molecule has 0 saturated heterocycles. The number of aromatic nitrogens is 1. The number of rotatable bonds is 3. The molecule has 0 radical (unpaired) electrons. The molecule has 1 aliphatic carbocycles. The van der Waals surface area contributed by atoms with E-state index in [0.717, 1.165) is 18.3 Å². The fourth-order valence-electron chi connectivity index (χ4n) is 2.75. The normalized spacial score (nSPS) is 25.6. The summed E-state index contributed by atoms with van der Waals surface area (Å²) in [4.78, 5) is 4.62. The van der Waals surface area contributed by atoms with Gasteiger partial charge in [-0.05, 0) is 49.7 Å². The highest BCUT2D eigenvalue weighted by atomic mass is 14.7. The van der Waals surface area contributed by atoms with Gasteiger partial charge < -0.3 is 0 Å². The molecule has 1 heteroatoms. The summed E-state index contributed by atoms with van der Waals surface area (Å²) in [5.41, 5.74) is 2.68. The molecule has 16 heavy (non-hydrogen) atoms. The van der Waals surface area contributed by atoms with Crippen molar-refractivity contribution in [3.63, 3.8) is 0 Å². The van der Waals surface area contributed by atoms with Crippen LogP contribution in [0.2, 0.25) is 0 Å². The van der Waals surface area contributed by atoms with Crippen molar-refractivity contribution in [1.29, 1.82) is 0 Å². The van der Waals surface area contributed by atoms with Crippen LogP contribution in [0, 0.1) is 5.92 Å². The molecule has 1 fully saturated rings. The highest BCUT2D eigenvalue weighted by Crippen LogP contribution is 2.35. The van der Waals surface area contributed by atoms with Crippen LogP contribution in [0.15, 0.2) is 18.3 Å². The molecule has 1 heterocycles. The maximum absolute atomic E-state index is 4.62. The Morgan fingerprint density at radius 1 is 1.12 bits per heavy atom. The summed E-state index contributed by atoms with van der Waals surface area (Å²) in [6.45, 7) is 4.50. The molecule has 1 saturated carbocycles. The van der Waals surface area contributed by atoms with Gasteiger partial charge in [-0.25, -0.2) is 0 Å². The summed E-state index contributed by atoms with van der Waals surface area (Å²) in [6.07, 6.45) is 10.00. The molecule has 1 aromatic heterocycles. The minimum absolute atomic E-state index is 0.730. The summed E-state index contributed by atoms with van der Waals surface area (Å²) >= 11 is 0. The Hall–Kier alpha value is -0.850. The minimum Gasteiger partial charge on any atom is -0.261 e. The fraction of sp³-hybridized carbons (Fsp3) is 0.667. The van der Waals surface area contributed by atoms with Crippen LogP contribution < -0.4 is 0 Å². The smallest absolute Gasteiger partial charge is 0.0434 e. The highest BCUT2D eigenvalue weighted by molar-refractivity contribution is 5.17. The maximum Gasteiger partial charge on any atom is 0.0434 e. The lowest BCUT2D eigenvalue weighted by molar-refractivity contribution is 0.315. The molecular formula is C15H23N. The van der Waals surface area contributed by atoms with Gasteiger partial charge in [-0.15, -0.1) is 0 Å². The van der Waals surface area contributed by atoms with Gasteiger partial charge in [0.1, 0.15) is 0 Å². The lowest BCUT2D eigenvalue weighted by Crippen LogP contribution is -2.13. The second kappa shape index (κ2) is 5.47. The van der Waals surface area contributed by atoms with Gasteiger partial charge in [0, 0.05) is 17.8 Å². The van der Waals surface area contributed by atoms with Crippen LogP contribution in [-0.4, -0.2) is 4.98 Å². The van der Waals surface area contributed by atoms with Gasteiger partial charge in [-0.3, -0.25) is 4.98 Å². The quantitative estimate of drug-likeness (QED) is 0.734. The molecule has 1 aromatic rings. The van der Waals surface area contributed by atoms with E-state index in [1.54, 1.807) is 0 Å². The van der Waals surface area contributed by atoms with E-state index in [1.807, 2.05) is 0 Å². The lowest BCUT2D eigenvalue weighted by atomic mass is 9.79. The SMILES string of the molecule is CCc1ccc(C2CCC(CC)CC2)nc1. The number of nitrogens with zero attached hydrogens (tertiary/aromatic N) is 1. The van der Waals surface area contributed by atoms with Gasteiger partial charge in [0.05, 0.1) is 0 Å². The highest BCUT2D eigenvalue weighted by Gasteiger charge is 2.21. The number of hydrogen-bond donors (Lipinski definition) is 0. The first-order valence-electron chi connectivity index (χ1n) is 6.78. The van der Waals surface area contributed by atoms with Crippen molar-refractivity contribution in [1.82, 2.24) is 4.98 Å². The third-order valence-corrected chi connectivity index (χ3v) is 4.10. The Morgan fingerprint density at radius 3 is 2.38 bits per heavy atom. The van der Waals surface area contributed by atoms with Gasteiger partial charge in [0.15, 0.2) is 0 Å². The molecule has 0 amide bonds. The number of aryl methyl sites for hydroxylation is 1. The number of pyridine rings is 1. The van der Waals surface area contributed by atoms with E-state index in [9.17, 15) is 0 Å². The van der Waals surface area contributed by atoms with Crippen LogP contribution in [0.4, 0.5) is 0 Å². The average molecular weight is 217 g/mol. The van der Waals surface area contributed by atoms with Gasteiger partial charge in [-0.1, -0.05) is 26.3 Å². The van der Waals surface area contributed by atoms with Crippen molar-refractivity contribution < 1.29 is 0 Å². The molecule has 1 nitrogen and oxygen atoms in total. The van der Waals surface area contributed by atoms with E-state index in [1.165, 1.54) is 43.4 Å². The maximum atomic E-state index is 4.62. The predicted molar refractivity (Wildman–Crippen MR) is 68.6 cm³/mol. The van der Waals surface area contributed by atoms with Crippen molar-refractivity contribution in [2.24, 2.45) is 5.92 Å². The molecule has 0 bridgehead atoms. The van der Waals surface area contributed by atoms with Crippen LogP contribution in [-0.2, 0) is 6.42 Å². The average Bonchev–Trinajstić information content (AvgIpc) is 2.39. The minimum atomic E-state index is 0.730. The lowest BCUT2D eigenvalue weighted by Gasteiger charge is -2.27.